The van der Waals surface area contributed by atoms with Gasteiger partial charge < -0.3 is 9.72 Å². The maximum absolute atomic E-state index is 11.8. The Kier molecular flexibility index (Phi) is 3.69. The highest BCUT2D eigenvalue weighted by atomic mass is 79.9. The van der Waals surface area contributed by atoms with Gasteiger partial charge in [0.1, 0.15) is 11.3 Å². The maximum Gasteiger partial charge on any atom is 0.340 e. The van der Waals surface area contributed by atoms with E-state index in [9.17, 15) is 4.79 Å². The summed E-state index contributed by atoms with van der Waals surface area (Å²) < 4.78 is 5.67. The normalized spacial score (nSPS) is 10.8. The molecule has 0 saturated heterocycles. The molecule has 2 aromatic carbocycles. The van der Waals surface area contributed by atoms with Crippen molar-refractivity contribution in [2.24, 2.45) is 0 Å². The number of carbonyl (C=O) groups is 1. The fourth-order valence-corrected chi connectivity index (χ4v) is 2.88. The van der Waals surface area contributed by atoms with Crippen molar-refractivity contribution in [3.05, 3.63) is 51.5 Å². The van der Waals surface area contributed by atoms with Crippen LogP contribution in [0.15, 0.2) is 40.9 Å². The lowest BCUT2D eigenvalue weighted by Gasteiger charge is -2.00. The lowest BCUT2D eigenvalue weighted by atomic mass is 10.2. The van der Waals surface area contributed by atoms with Gasteiger partial charge in [-0.25, -0.2) is 9.78 Å². The van der Waals surface area contributed by atoms with Gasteiger partial charge in [-0.05, 0) is 30.3 Å². The van der Waals surface area contributed by atoms with E-state index < -0.39 is 5.97 Å². The van der Waals surface area contributed by atoms with Crippen LogP contribution in [0.1, 0.15) is 10.4 Å². The molecule has 0 aliphatic rings. The molecule has 3 rings (SSSR count). The van der Waals surface area contributed by atoms with E-state index in [0.717, 1.165) is 15.6 Å². The van der Waals surface area contributed by atoms with E-state index >= 15 is 0 Å². The Bertz CT molecular complexity index is 845. The van der Waals surface area contributed by atoms with Gasteiger partial charge in [-0.2, -0.15) is 0 Å². The number of aromatic amines is 1. The number of nitrogens with zero attached hydrogens (tertiary/aromatic N) is 1. The standard InChI is InChI=1S/C15H10BrClN2O2/c1-21-15(20)10-3-2-4-12-13(10)19-14(18-12)9-6-5-8(16)7-11(9)17/h2-7H,1H3,(H,18,19). The third-order valence-electron chi connectivity index (χ3n) is 3.10. The number of methoxy groups -OCH3 is 1. The zero-order valence-electron chi connectivity index (χ0n) is 11.0. The van der Waals surface area contributed by atoms with Crippen LogP contribution in [-0.4, -0.2) is 23.0 Å². The molecule has 3 aromatic rings. The van der Waals surface area contributed by atoms with Crippen LogP contribution in [0.2, 0.25) is 5.02 Å². The molecule has 1 N–H and O–H groups in total. The average molecular weight is 366 g/mol. The highest BCUT2D eigenvalue weighted by Gasteiger charge is 2.15. The molecule has 0 aliphatic heterocycles. The molecule has 21 heavy (non-hydrogen) atoms. The first-order valence-corrected chi connectivity index (χ1v) is 7.29. The Morgan fingerprint density at radius 2 is 2.14 bits per heavy atom. The molecule has 1 aromatic heterocycles. The SMILES string of the molecule is COC(=O)c1cccc2[nH]c(-c3ccc(Br)cc3Cl)nc12. The summed E-state index contributed by atoms with van der Waals surface area (Å²) in [7, 11) is 1.35. The van der Waals surface area contributed by atoms with Crippen LogP contribution in [0.25, 0.3) is 22.4 Å². The van der Waals surface area contributed by atoms with Crippen LogP contribution in [-0.2, 0) is 4.74 Å². The van der Waals surface area contributed by atoms with Crippen LogP contribution in [0.4, 0.5) is 0 Å². The number of carbonyl (C=O) groups excluding carboxylic acids is 1. The number of halogens is 2. The van der Waals surface area contributed by atoms with Gasteiger partial charge in [0.2, 0.25) is 0 Å². The van der Waals surface area contributed by atoms with E-state index in [1.165, 1.54) is 7.11 Å². The summed E-state index contributed by atoms with van der Waals surface area (Å²) in [6, 6.07) is 10.9. The summed E-state index contributed by atoms with van der Waals surface area (Å²) in [6.07, 6.45) is 0. The zero-order chi connectivity index (χ0) is 15.0. The molecule has 4 nitrogen and oxygen atoms in total. The van der Waals surface area contributed by atoms with Crippen molar-refractivity contribution in [2.75, 3.05) is 7.11 Å². The predicted molar refractivity (Wildman–Crippen MR) is 85.6 cm³/mol. The number of benzene rings is 2. The summed E-state index contributed by atoms with van der Waals surface area (Å²) in [4.78, 5) is 19.4. The van der Waals surface area contributed by atoms with Crippen molar-refractivity contribution >= 4 is 44.5 Å². The van der Waals surface area contributed by atoms with Gasteiger partial charge in [0.25, 0.3) is 0 Å². The molecule has 0 radical (unpaired) electrons. The van der Waals surface area contributed by atoms with Gasteiger partial charge in [-0.1, -0.05) is 33.6 Å². The second-order valence-electron chi connectivity index (χ2n) is 4.40. The molecule has 0 bridgehead atoms. The largest absolute Gasteiger partial charge is 0.465 e. The quantitative estimate of drug-likeness (QED) is 0.683. The Morgan fingerprint density at radius 3 is 2.86 bits per heavy atom. The van der Waals surface area contributed by atoms with Crippen molar-refractivity contribution in [3.63, 3.8) is 0 Å². The van der Waals surface area contributed by atoms with Crippen molar-refractivity contribution in [1.82, 2.24) is 9.97 Å². The Hall–Kier alpha value is -1.85. The van der Waals surface area contributed by atoms with E-state index in [4.69, 9.17) is 16.3 Å². The summed E-state index contributed by atoms with van der Waals surface area (Å²) >= 11 is 9.61. The maximum atomic E-state index is 11.8. The number of para-hydroxylation sites is 1. The van der Waals surface area contributed by atoms with Gasteiger partial charge in [0, 0.05) is 10.0 Å². The molecule has 0 fully saturated rings. The van der Waals surface area contributed by atoms with E-state index in [-0.39, 0.29) is 0 Å². The van der Waals surface area contributed by atoms with Gasteiger partial charge in [-0.3, -0.25) is 0 Å². The Balaban J connectivity index is 2.19. The summed E-state index contributed by atoms with van der Waals surface area (Å²) in [5.74, 6) is 0.194. The highest BCUT2D eigenvalue weighted by Crippen LogP contribution is 2.30. The first-order chi connectivity index (χ1) is 10.1. The average Bonchev–Trinajstić information content (AvgIpc) is 2.89. The number of fused-ring (bicyclic) bond motifs is 1. The molecule has 6 heteroatoms. The zero-order valence-corrected chi connectivity index (χ0v) is 13.3. The van der Waals surface area contributed by atoms with Crippen LogP contribution >= 0.6 is 27.5 Å². The summed E-state index contributed by atoms with van der Waals surface area (Å²) in [5.41, 5.74) is 2.52. The summed E-state index contributed by atoms with van der Waals surface area (Å²) in [6.45, 7) is 0. The number of esters is 1. The molecule has 0 unspecified atom stereocenters. The fourth-order valence-electron chi connectivity index (χ4n) is 2.12. The minimum atomic E-state index is -0.416. The van der Waals surface area contributed by atoms with Crippen LogP contribution in [0.5, 0.6) is 0 Å². The first kappa shape index (κ1) is 14.1. The van der Waals surface area contributed by atoms with Crippen molar-refractivity contribution < 1.29 is 9.53 Å². The van der Waals surface area contributed by atoms with E-state index in [0.29, 0.717) is 21.9 Å². The molecular formula is C15H10BrClN2O2. The van der Waals surface area contributed by atoms with Crippen molar-refractivity contribution in [2.45, 2.75) is 0 Å². The Morgan fingerprint density at radius 1 is 1.33 bits per heavy atom. The van der Waals surface area contributed by atoms with Crippen molar-refractivity contribution in [3.8, 4) is 11.4 Å². The lowest BCUT2D eigenvalue weighted by molar-refractivity contribution is 0.0603. The molecule has 0 saturated carbocycles. The number of H-pyrrole nitrogens is 1. The number of ether oxygens (including phenoxy) is 1. The number of imidazole rings is 1. The van der Waals surface area contributed by atoms with Gasteiger partial charge >= 0.3 is 5.97 Å². The number of hydrogen-bond donors (Lipinski definition) is 1. The third-order valence-corrected chi connectivity index (χ3v) is 3.91. The smallest absolute Gasteiger partial charge is 0.340 e. The number of hydrogen-bond acceptors (Lipinski definition) is 3. The van der Waals surface area contributed by atoms with Gasteiger partial charge in [0.05, 0.1) is 23.2 Å². The van der Waals surface area contributed by atoms with E-state index in [2.05, 4.69) is 25.9 Å². The Labute approximate surface area is 134 Å². The van der Waals surface area contributed by atoms with Crippen LogP contribution in [0, 0.1) is 0 Å². The molecule has 1 heterocycles. The highest BCUT2D eigenvalue weighted by molar-refractivity contribution is 9.10. The third kappa shape index (κ3) is 2.54. The monoisotopic (exact) mass is 364 g/mol. The minimum Gasteiger partial charge on any atom is -0.465 e. The fraction of sp³-hybridized carbons (Fsp3) is 0.0667. The number of aromatic nitrogens is 2. The summed E-state index contributed by atoms with van der Waals surface area (Å²) in [5, 5.41) is 0.572. The second kappa shape index (κ2) is 5.50. The molecule has 0 spiro atoms. The van der Waals surface area contributed by atoms with E-state index in [1.54, 1.807) is 18.2 Å². The van der Waals surface area contributed by atoms with Gasteiger partial charge in [-0.15, -0.1) is 0 Å². The molecule has 106 valence electrons. The topological polar surface area (TPSA) is 55.0 Å². The number of nitrogens with one attached hydrogen (secondary N) is 1. The number of rotatable bonds is 2. The van der Waals surface area contributed by atoms with E-state index in [1.807, 2.05) is 18.2 Å². The van der Waals surface area contributed by atoms with Crippen LogP contribution in [0.3, 0.4) is 0 Å². The van der Waals surface area contributed by atoms with Crippen LogP contribution < -0.4 is 0 Å². The molecule has 0 atom stereocenters. The second-order valence-corrected chi connectivity index (χ2v) is 5.73. The molecule has 0 aliphatic carbocycles. The first-order valence-electron chi connectivity index (χ1n) is 6.12. The lowest BCUT2D eigenvalue weighted by Crippen LogP contribution is -2.01. The predicted octanol–water partition coefficient (Wildman–Crippen LogP) is 4.43. The molecule has 0 amide bonds. The minimum absolute atomic E-state index is 0.416. The molecular weight excluding hydrogens is 356 g/mol. The van der Waals surface area contributed by atoms with Crippen molar-refractivity contribution in [1.29, 1.82) is 0 Å². The van der Waals surface area contributed by atoms with Gasteiger partial charge in [0.15, 0.2) is 0 Å².